The molecule has 0 bridgehead atoms. The lowest BCUT2D eigenvalue weighted by atomic mass is 10.1. The first-order valence-corrected chi connectivity index (χ1v) is 6.31. The number of benzene rings is 1. The van der Waals surface area contributed by atoms with Crippen molar-refractivity contribution in [3.05, 3.63) is 29.6 Å². The number of hydrogen-bond acceptors (Lipinski definition) is 1. The van der Waals surface area contributed by atoms with Crippen molar-refractivity contribution in [3.63, 3.8) is 0 Å². The van der Waals surface area contributed by atoms with Crippen LogP contribution in [0.25, 0.3) is 0 Å². The SMILES string of the molecule is CC.CCc1cc(F)cc(NCC2CC2)c1.[HH]. The van der Waals surface area contributed by atoms with E-state index in [4.69, 9.17) is 0 Å². The molecule has 1 N–H and O–H groups in total. The van der Waals surface area contributed by atoms with Gasteiger partial charge < -0.3 is 5.32 Å². The van der Waals surface area contributed by atoms with Gasteiger partial charge in [0.15, 0.2) is 0 Å². The van der Waals surface area contributed by atoms with E-state index in [0.717, 1.165) is 30.1 Å². The third kappa shape index (κ3) is 4.21. The van der Waals surface area contributed by atoms with E-state index in [1.165, 1.54) is 12.8 Å². The van der Waals surface area contributed by atoms with Crippen LogP contribution in [0.1, 0.15) is 40.6 Å². The smallest absolute Gasteiger partial charge is 0.125 e. The van der Waals surface area contributed by atoms with Crippen molar-refractivity contribution in [2.24, 2.45) is 5.92 Å². The van der Waals surface area contributed by atoms with Crippen molar-refractivity contribution < 1.29 is 5.82 Å². The third-order valence-electron chi connectivity index (χ3n) is 2.66. The first kappa shape index (κ1) is 13.0. The Hall–Kier alpha value is -1.05. The summed E-state index contributed by atoms with van der Waals surface area (Å²) in [6, 6.07) is 5.20. The molecule has 16 heavy (non-hydrogen) atoms. The summed E-state index contributed by atoms with van der Waals surface area (Å²) in [4.78, 5) is 0. The molecule has 0 aromatic heterocycles. The molecule has 0 aliphatic heterocycles. The molecule has 0 heterocycles. The summed E-state index contributed by atoms with van der Waals surface area (Å²) in [7, 11) is 0. The summed E-state index contributed by atoms with van der Waals surface area (Å²) in [6.45, 7) is 7.03. The van der Waals surface area contributed by atoms with Crippen LogP contribution >= 0.6 is 0 Å². The van der Waals surface area contributed by atoms with Crippen molar-refractivity contribution in [1.82, 2.24) is 0 Å². The molecule has 1 aliphatic rings. The van der Waals surface area contributed by atoms with Gasteiger partial charge in [-0.05, 0) is 48.9 Å². The van der Waals surface area contributed by atoms with Gasteiger partial charge in [-0.2, -0.15) is 0 Å². The molecule has 1 aromatic rings. The van der Waals surface area contributed by atoms with Gasteiger partial charge in [0.05, 0.1) is 0 Å². The zero-order chi connectivity index (χ0) is 12.0. The van der Waals surface area contributed by atoms with Crippen LogP contribution in [0.15, 0.2) is 18.2 Å². The Balaban J connectivity index is 0.000000811. The van der Waals surface area contributed by atoms with Crippen LogP contribution in [0.5, 0.6) is 0 Å². The average molecular weight is 225 g/mol. The molecule has 2 rings (SSSR count). The molecule has 2 heteroatoms. The summed E-state index contributed by atoms with van der Waals surface area (Å²) >= 11 is 0. The highest BCUT2D eigenvalue weighted by Crippen LogP contribution is 2.29. The van der Waals surface area contributed by atoms with Crippen LogP contribution in [-0.4, -0.2) is 6.54 Å². The minimum absolute atomic E-state index is 0. The molecule has 1 aromatic carbocycles. The third-order valence-corrected chi connectivity index (χ3v) is 2.66. The van der Waals surface area contributed by atoms with Gasteiger partial charge in [0.25, 0.3) is 0 Å². The van der Waals surface area contributed by atoms with Gasteiger partial charge in [0.2, 0.25) is 0 Å². The van der Waals surface area contributed by atoms with Crippen molar-refractivity contribution >= 4 is 5.69 Å². The summed E-state index contributed by atoms with van der Waals surface area (Å²) in [5.41, 5.74) is 1.98. The lowest BCUT2D eigenvalue weighted by Gasteiger charge is -2.07. The molecule has 0 amide bonds. The number of aryl methyl sites for hydroxylation is 1. The molecule has 1 fully saturated rings. The summed E-state index contributed by atoms with van der Waals surface area (Å²) in [5.74, 6) is 0.686. The van der Waals surface area contributed by atoms with E-state index in [9.17, 15) is 4.39 Å². The Morgan fingerprint density at radius 1 is 1.31 bits per heavy atom. The van der Waals surface area contributed by atoms with Crippen LogP contribution in [-0.2, 0) is 6.42 Å². The minimum Gasteiger partial charge on any atom is -0.385 e. The van der Waals surface area contributed by atoms with Gasteiger partial charge in [-0.3, -0.25) is 0 Å². The standard InChI is InChI=1S/C12H16FN.C2H6.H2/c1-2-9-5-11(13)7-12(6-9)14-8-10-3-4-10;1-2;/h5-7,10,14H,2-4,8H2,1H3;1-2H3;1H. The number of halogens is 1. The quantitative estimate of drug-likeness (QED) is 0.796. The second-order valence-corrected chi connectivity index (χ2v) is 4.03. The molecule has 0 unspecified atom stereocenters. The summed E-state index contributed by atoms with van der Waals surface area (Å²) in [5, 5.41) is 3.28. The van der Waals surface area contributed by atoms with Crippen LogP contribution in [0.4, 0.5) is 10.1 Å². The largest absolute Gasteiger partial charge is 0.385 e. The second-order valence-electron chi connectivity index (χ2n) is 4.03. The number of nitrogens with one attached hydrogen (secondary N) is 1. The zero-order valence-corrected chi connectivity index (χ0v) is 10.5. The van der Waals surface area contributed by atoms with E-state index >= 15 is 0 Å². The van der Waals surface area contributed by atoms with Gasteiger partial charge in [-0.25, -0.2) is 4.39 Å². The Labute approximate surface area is 99.6 Å². The summed E-state index contributed by atoms with van der Waals surface area (Å²) in [6.07, 6.45) is 3.53. The molecule has 1 aliphatic carbocycles. The van der Waals surface area contributed by atoms with E-state index in [2.05, 4.69) is 5.32 Å². The zero-order valence-electron chi connectivity index (χ0n) is 10.5. The van der Waals surface area contributed by atoms with E-state index in [1.807, 2.05) is 26.8 Å². The highest BCUT2D eigenvalue weighted by molar-refractivity contribution is 5.46. The maximum absolute atomic E-state index is 13.1. The van der Waals surface area contributed by atoms with Gasteiger partial charge in [-0.15, -0.1) is 0 Å². The number of hydrogen-bond donors (Lipinski definition) is 1. The van der Waals surface area contributed by atoms with Gasteiger partial charge in [0, 0.05) is 13.7 Å². The topological polar surface area (TPSA) is 12.0 Å². The fraction of sp³-hybridized carbons (Fsp3) is 0.571. The maximum atomic E-state index is 13.1. The van der Waals surface area contributed by atoms with Gasteiger partial charge >= 0.3 is 0 Å². The Bertz CT molecular complexity index is 324. The fourth-order valence-electron chi connectivity index (χ4n) is 1.54. The van der Waals surface area contributed by atoms with E-state index in [0.29, 0.717) is 0 Å². The lowest BCUT2D eigenvalue weighted by molar-refractivity contribution is 0.626. The Morgan fingerprint density at radius 3 is 2.56 bits per heavy atom. The van der Waals surface area contributed by atoms with E-state index in [-0.39, 0.29) is 7.24 Å². The first-order valence-electron chi connectivity index (χ1n) is 6.31. The predicted octanol–water partition coefficient (Wildman–Crippen LogP) is 4.48. The molecular weight excluding hydrogens is 201 g/mol. The highest BCUT2D eigenvalue weighted by atomic mass is 19.1. The van der Waals surface area contributed by atoms with Crippen molar-refractivity contribution in [1.29, 1.82) is 0 Å². The van der Waals surface area contributed by atoms with E-state index in [1.54, 1.807) is 12.1 Å². The highest BCUT2D eigenvalue weighted by Gasteiger charge is 2.20. The minimum atomic E-state index is -0.136. The number of anilines is 1. The monoisotopic (exact) mass is 225 g/mol. The van der Waals surface area contributed by atoms with Crippen LogP contribution in [0.2, 0.25) is 0 Å². The Morgan fingerprint density at radius 2 is 2.00 bits per heavy atom. The lowest BCUT2D eigenvalue weighted by Crippen LogP contribution is -2.03. The van der Waals surface area contributed by atoms with Gasteiger partial charge in [0.1, 0.15) is 5.82 Å². The summed E-state index contributed by atoms with van der Waals surface area (Å²) < 4.78 is 13.1. The Kier molecular flexibility index (Phi) is 5.30. The normalized spacial score (nSPS) is 14.0. The molecule has 0 spiro atoms. The average Bonchev–Trinajstić information content (AvgIpc) is 3.12. The van der Waals surface area contributed by atoms with Crippen molar-refractivity contribution in [3.8, 4) is 0 Å². The molecule has 0 saturated heterocycles. The molecule has 1 saturated carbocycles. The fourth-order valence-corrected chi connectivity index (χ4v) is 1.54. The molecule has 0 radical (unpaired) electrons. The molecule has 92 valence electrons. The second kappa shape index (κ2) is 6.51. The molecule has 0 atom stereocenters. The van der Waals surface area contributed by atoms with Crippen LogP contribution < -0.4 is 5.32 Å². The predicted molar refractivity (Wildman–Crippen MR) is 70.5 cm³/mol. The van der Waals surface area contributed by atoms with Gasteiger partial charge in [-0.1, -0.05) is 20.8 Å². The van der Waals surface area contributed by atoms with Crippen molar-refractivity contribution in [2.45, 2.75) is 40.0 Å². The van der Waals surface area contributed by atoms with Crippen LogP contribution in [0.3, 0.4) is 0 Å². The molecular formula is C14H24FN. The van der Waals surface area contributed by atoms with Crippen LogP contribution in [0, 0.1) is 11.7 Å². The van der Waals surface area contributed by atoms with Crippen molar-refractivity contribution in [2.75, 3.05) is 11.9 Å². The number of rotatable bonds is 4. The van der Waals surface area contributed by atoms with E-state index < -0.39 is 0 Å². The first-order chi connectivity index (χ1) is 7.78. The maximum Gasteiger partial charge on any atom is 0.125 e. The molecule has 1 nitrogen and oxygen atoms in total.